The van der Waals surface area contributed by atoms with Gasteiger partial charge in [0.1, 0.15) is 11.9 Å². The highest BCUT2D eigenvalue weighted by molar-refractivity contribution is 5.79. The van der Waals surface area contributed by atoms with Crippen molar-refractivity contribution < 1.29 is 9.18 Å². The van der Waals surface area contributed by atoms with E-state index in [-0.39, 0.29) is 17.9 Å². The third-order valence-corrected chi connectivity index (χ3v) is 4.67. The van der Waals surface area contributed by atoms with E-state index < -0.39 is 5.82 Å². The van der Waals surface area contributed by atoms with Crippen molar-refractivity contribution in [2.75, 3.05) is 18.4 Å². The van der Waals surface area contributed by atoms with Crippen molar-refractivity contribution in [3.05, 3.63) is 29.6 Å². The number of nitriles is 1. The Morgan fingerprint density at radius 3 is 2.82 bits per heavy atom. The summed E-state index contributed by atoms with van der Waals surface area (Å²) >= 11 is 0. The van der Waals surface area contributed by atoms with E-state index in [1.54, 1.807) is 6.07 Å². The first kappa shape index (κ1) is 14.8. The van der Waals surface area contributed by atoms with Crippen molar-refractivity contribution in [2.24, 2.45) is 5.92 Å². The summed E-state index contributed by atoms with van der Waals surface area (Å²) in [5.41, 5.74) is 0.949. The molecule has 1 saturated heterocycles. The van der Waals surface area contributed by atoms with Crippen molar-refractivity contribution in [1.82, 2.24) is 4.90 Å². The Kier molecular flexibility index (Phi) is 4.28. The second-order valence-electron chi connectivity index (χ2n) is 6.20. The maximum atomic E-state index is 13.2. The molecule has 1 unspecified atom stereocenters. The van der Waals surface area contributed by atoms with Gasteiger partial charge in [0.05, 0.1) is 11.3 Å². The zero-order valence-corrected chi connectivity index (χ0v) is 12.5. The summed E-state index contributed by atoms with van der Waals surface area (Å²) in [5, 5.41) is 12.4. The van der Waals surface area contributed by atoms with Gasteiger partial charge in [0.2, 0.25) is 5.91 Å². The van der Waals surface area contributed by atoms with Gasteiger partial charge < -0.3 is 10.2 Å². The first-order chi connectivity index (χ1) is 10.7. The molecule has 2 aliphatic rings. The smallest absolute Gasteiger partial charge is 0.225 e. The van der Waals surface area contributed by atoms with Crippen LogP contribution in [0.25, 0.3) is 0 Å². The molecule has 3 rings (SSSR count). The molecule has 1 N–H and O–H groups in total. The highest BCUT2D eigenvalue weighted by Crippen LogP contribution is 2.28. The van der Waals surface area contributed by atoms with Crippen LogP contribution in [0.5, 0.6) is 0 Å². The van der Waals surface area contributed by atoms with Crippen molar-refractivity contribution in [1.29, 1.82) is 5.26 Å². The van der Waals surface area contributed by atoms with E-state index in [1.165, 1.54) is 12.1 Å². The topological polar surface area (TPSA) is 56.1 Å². The number of rotatable bonds is 3. The number of likely N-dealkylation sites (tertiary alicyclic amines) is 1. The fourth-order valence-electron chi connectivity index (χ4n) is 3.46. The molecule has 1 aliphatic carbocycles. The van der Waals surface area contributed by atoms with Crippen LogP contribution in [0.3, 0.4) is 0 Å². The minimum atomic E-state index is -0.411. The van der Waals surface area contributed by atoms with Crippen LogP contribution in [0, 0.1) is 23.1 Å². The fourth-order valence-corrected chi connectivity index (χ4v) is 3.46. The Bertz CT molecular complexity index is 604. The Morgan fingerprint density at radius 2 is 2.09 bits per heavy atom. The average Bonchev–Trinajstić information content (AvgIpc) is 3.19. The van der Waals surface area contributed by atoms with E-state index in [1.807, 2.05) is 11.0 Å². The highest BCUT2D eigenvalue weighted by atomic mass is 19.1. The predicted octanol–water partition coefficient (Wildman–Crippen LogP) is 2.90. The van der Waals surface area contributed by atoms with Gasteiger partial charge in [-0.05, 0) is 37.5 Å². The molecule has 1 aromatic rings. The number of carbonyl (C=O) groups is 1. The Hall–Kier alpha value is -2.09. The Balaban J connectivity index is 1.61. The van der Waals surface area contributed by atoms with Crippen LogP contribution < -0.4 is 5.32 Å². The lowest BCUT2D eigenvalue weighted by molar-refractivity contribution is -0.134. The molecule has 1 amide bonds. The van der Waals surface area contributed by atoms with Gasteiger partial charge in [0.15, 0.2) is 0 Å². The number of carbonyl (C=O) groups excluding carboxylic acids is 1. The van der Waals surface area contributed by atoms with E-state index in [9.17, 15) is 9.18 Å². The molecule has 0 spiro atoms. The molecule has 2 fully saturated rings. The third kappa shape index (κ3) is 3.06. The van der Waals surface area contributed by atoms with E-state index in [4.69, 9.17) is 5.26 Å². The molecule has 0 bridgehead atoms. The SMILES string of the molecule is N#Cc1cc(F)ccc1NC1CCN(C(=O)C2CCCC2)C1. The summed E-state index contributed by atoms with van der Waals surface area (Å²) in [6, 6.07) is 6.31. The molecule has 1 aromatic carbocycles. The van der Waals surface area contributed by atoms with Gasteiger partial charge in [-0.1, -0.05) is 12.8 Å². The summed E-state index contributed by atoms with van der Waals surface area (Å²) in [5.74, 6) is 0.0761. The molecule has 116 valence electrons. The largest absolute Gasteiger partial charge is 0.379 e. The molecule has 0 radical (unpaired) electrons. The summed E-state index contributed by atoms with van der Waals surface area (Å²) in [6.45, 7) is 1.42. The van der Waals surface area contributed by atoms with Gasteiger partial charge in [-0.25, -0.2) is 4.39 Å². The monoisotopic (exact) mass is 301 g/mol. The van der Waals surface area contributed by atoms with Gasteiger partial charge in [0, 0.05) is 25.0 Å². The molecule has 5 heteroatoms. The number of benzene rings is 1. The van der Waals surface area contributed by atoms with Crippen LogP contribution in [0.2, 0.25) is 0 Å². The molecule has 1 heterocycles. The average molecular weight is 301 g/mol. The minimum Gasteiger partial charge on any atom is -0.379 e. The lowest BCUT2D eigenvalue weighted by atomic mass is 10.1. The Morgan fingerprint density at radius 1 is 1.32 bits per heavy atom. The molecule has 4 nitrogen and oxygen atoms in total. The number of nitrogens with zero attached hydrogens (tertiary/aromatic N) is 2. The van der Waals surface area contributed by atoms with Crippen LogP contribution in [0.15, 0.2) is 18.2 Å². The number of nitrogens with one attached hydrogen (secondary N) is 1. The quantitative estimate of drug-likeness (QED) is 0.934. The van der Waals surface area contributed by atoms with Gasteiger partial charge >= 0.3 is 0 Å². The minimum absolute atomic E-state index is 0.128. The van der Waals surface area contributed by atoms with Crippen LogP contribution in [-0.4, -0.2) is 29.9 Å². The number of anilines is 1. The number of amides is 1. The molecule has 1 atom stereocenters. The van der Waals surface area contributed by atoms with Gasteiger partial charge in [-0.2, -0.15) is 5.26 Å². The molecule has 1 saturated carbocycles. The van der Waals surface area contributed by atoms with Crippen LogP contribution >= 0.6 is 0 Å². The zero-order chi connectivity index (χ0) is 15.5. The van der Waals surface area contributed by atoms with Gasteiger partial charge in [0.25, 0.3) is 0 Å². The normalized spacial score (nSPS) is 21.8. The maximum absolute atomic E-state index is 13.2. The summed E-state index contributed by atoms with van der Waals surface area (Å²) in [7, 11) is 0. The second-order valence-corrected chi connectivity index (χ2v) is 6.20. The summed E-state index contributed by atoms with van der Waals surface area (Å²) in [4.78, 5) is 14.3. The van der Waals surface area contributed by atoms with Crippen molar-refractivity contribution in [3.8, 4) is 6.07 Å². The third-order valence-electron chi connectivity index (χ3n) is 4.67. The fraction of sp³-hybridized carbons (Fsp3) is 0.529. The first-order valence-corrected chi connectivity index (χ1v) is 7.92. The lowest BCUT2D eigenvalue weighted by Crippen LogP contribution is -2.35. The number of hydrogen-bond donors (Lipinski definition) is 1. The lowest BCUT2D eigenvalue weighted by Gasteiger charge is -2.21. The molecular weight excluding hydrogens is 281 g/mol. The van der Waals surface area contributed by atoms with Crippen molar-refractivity contribution in [2.45, 2.75) is 38.1 Å². The summed E-state index contributed by atoms with van der Waals surface area (Å²) in [6.07, 6.45) is 5.22. The van der Waals surface area contributed by atoms with E-state index in [0.717, 1.165) is 38.6 Å². The van der Waals surface area contributed by atoms with Gasteiger partial charge in [-0.3, -0.25) is 4.79 Å². The van der Waals surface area contributed by atoms with Crippen molar-refractivity contribution >= 4 is 11.6 Å². The van der Waals surface area contributed by atoms with Crippen LogP contribution in [0.1, 0.15) is 37.7 Å². The molecule has 1 aliphatic heterocycles. The Labute approximate surface area is 129 Å². The van der Waals surface area contributed by atoms with Crippen LogP contribution in [-0.2, 0) is 4.79 Å². The first-order valence-electron chi connectivity index (χ1n) is 7.92. The predicted molar refractivity (Wildman–Crippen MR) is 81.7 cm³/mol. The molecular formula is C17H20FN3O. The van der Waals surface area contributed by atoms with Gasteiger partial charge in [-0.15, -0.1) is 0 Å². The second kappa shape index (κ2) is 6.35. The van der Waals surface area contributed by atoms with E-state index in [0.29, 0.717) is 17.8 Å². The van der Waals surface area contributed by atoms with E-state index >= 15 is 0 Å². The zero-order valence-electron chi connectivity index (χ0n) is 12.5. The maximum Gasteiger partial charge on any atom is 0.225 e. The van der Waals surface area contributed by atoms with E-state index in [2.05, 4.69) is 5.32 Å². The number of halogens is 1. The molecule has 22 heavy (non-hydrogen) atoms. The molecule has 0 aromatic heterocycles. The summed E-state index contributed by atoms with van der Waals surface area (Å²) < 4.78 is 13.2. The highest BCUT2D eigenvalue weighted by Gasteiger charge is 2.32. The van der Waals surface area contributed by atoms with Crippen LogP contribution in [0.4, 0.5) is 10.1 Å². The standard InChI is InChI=1S/C17H20FN3O/c18-14-5-6-16(13(9-14)10-19)20-15-7-8-21(11-15)17(22)12-3-1-2-4-12/h5-6,9,12,15,20H,1-4,7-8,11H2. The van der Waals surface area contributed by atoms with Crippen molar-refractivity contribution in [3.63, 3.8) is 0 Å². The number of hydrogen-bond acceptors (Lipinski definition) is 3.